The molecule has 5 N–H and O–H groups in total. The maximum absolute atomic E-state index is 10.8. The zero-order valence-corrected chi connectivity index (χ0v) is 9.49. The van der Waals surface area contributed by atoms with Crippen molar-refractivity contribution in [2.75, 3.05) is 7.11 Å². The van der Waals surface area contributed by atoms with Crippen LogP contribution < -0.4 is 10.5 Å². The normalized spacial score (nSPS) is 13.4. The number of primary amides is 1. The van der Waals surface area contributed by atoms with Gasteiger partial charge in [0.2, 0.25) is 5.91 Å². The van der Waals surface area contributed by atoms with Crippen molar-refractivity contribution >= 4 is 5.91 Å². The number of nitrogens with zero attached hydrogens (tertiary/aromatic N) is 1. The van der Waals surface area contributed by atoms with Crippen molar-refractivity contribution in [2.45, 2.75) is 12.2 Å². The van der Waals surface area contributed by atoms with Crippen LogP contribution in [0.1, 0.15) is 17.2 Å². The zero-order valence-electron chi connectivity index (χ0n) is 9.49. The van der Waals surface area contributed by atoms with Gasteiger partial charge in [0.15, 0.2) is 17.6 Å². The molecule has 18 heavy (non-hydrogen) atoms. The lowest BCUT2D eigenvalue weighted by Crippen LogP contribution is -2.33. The van der Waals surface area contributed by atoms with Crippen LogP contribution in [0, 0.1) is 11.3 Å². The first-order chi connectivity index (χ1) is 8.42. The minimum absolute atomic E-state index is 0.0558. The Hall–Kier alpha value is -2.30. The molecular weight excluding hydrogens is 240 g/mol. The summed E-state index contributed by atoms with van der Waals surface area (Å²) in [6.45, 7) is 0. The Morgan fingerprint density at radius 1 is 1.50 bits per heavy atom. The molecule has 96 valence electrons. The quantitative estimate of drug-likeness (QED) is 0.551. The molecule has 0 aliphatic carbocycles. The first kappa shape index (κ1) is 13.8. The van der Waals surface area contributed by atoms with Crippen molar-refractivity contribution < 1.29 is 24.9 Å². The molecule has 2 unspecified atom stereocenters. The number of benzene rings is 1. The number of nitrogens with two attached hydrogens (primary N) is 1. The van der Waals surface area contributed by atoms with Gasteiger partial charge >= 0.3 is 0 Å². The van der Waals surface area contributed by atoms with Gasteiger partial charge in [-0.25, -0.2) is 0 Å². The van der Waals surface area contributed by atoms with Crippen molar-refractivity contribution in [1.82, 2.24) is 0 Å². The lowest BCUT2D eigenvalue weighted by Gasteiger charge is -2.18. The molecule has 1 aromatic rings. The number of rotatable bonds is 4. The Bertz CT molecular complexity index is 509. The summed E-state index contributed by atoms with van der Waals surface area (Å²) in [6, 6.07) is 4.18. The molecule has 0 fully saturated rings. The summed E-state index contributed by atoms with van der Waals surface area (Å²) in [4.78, 5) is 10.8. The number of phenolic OH excluding ortho intramolecular Hbond substituents is 1. The predicted molar refractivity (Wildman–Crippen MR) is 59.5 cm³/mol. The van der Waals surface area contributed by atoms with Crippen molar-refractivity contribution in [3.8, 4) is 17.6 Å². The van der Waals surface area contributed by atoms with E-state index in [1.54, 1.807) is 6.07 Å². The van der Waals surface area contributed by atoms with Crippen LogP contribution in [0.15, 0.2) is 12.1 Å². The van der Waals surface area contributed by atoms with Crippen molar-refractivity contribution in [2.24, 2.45) is 5.73 Å². The number of nitriles is 1. The Morgan fingerprint density at radius 2 is 2.11 bits per heavy atom. The molecule has 0 saturated carbocycles. The Balaban J connectivity index is 3.31. The maximum atomic E-state index is 10.8. The summed E-state index contributed by atoms with van der Waals surface area (Å²) in [7, 11) is 1.26. The molecule has 1 rings (SSSR count). The van der Waals surface area contributed by atoms with Gasteiger partial charge in [0, 0.05) is 11.6 Å². The van der Waals surface area contributed by atoms with Gasteiger partial charge in [-0.05, 0) is 6.07 Å². The number of hydrogen-bond acceptors (Lipinski definition) is 6. The third-order valence-electron chi connectivity index (χ3n) is 2.36. The molecule has 0 heterocycles. The van der Waals surface area contributed by atoms with Gasteiger partial charge in [-0.2, -0.15) is 5.26 Å². The zero-order chi connectivity index (χ0) is 13.9. The van der Waals surface area contributed by atoms with Crippen LogP contribution in [-0.4, -0.2) is 34.4 Å². The van der Waals surface area contributed by atoms with Crippen LogP contribution in [0.25, 0.3) is 0 Å². The fourth-order valence-electron chi connectivity index (χ4n) is 1.40. The van der Waals surface area contributed by atoms with E-state index in [1.165, 1.54) is 13.2 Å². The predicted octanol–water partition coefficient (Wildman–Crippen LogP) is -0.848. The monoisotopic (exact) mass is 252 g/mol. The smallest absolute Gasteiger partial charge is 0.249 e. The second-order valence-corrected chi connectivity index (χ2v) is 3.52. The van der Waals surface area contributed by atoms with E-state index in [0.717, 1.165) is 6.07 Å². The molecule has 7 heteroatoms. The molecule has 0 spiro atoms. The van der Waals surface area contributed by atoms with Crippen LogP contribution in [0.5, 0.6) is 11.5 Å². The number of amides is 1. The average molecular weight is 252 g/mol. The fraction of sp³-hybridized carbons (Fsp3) is 0.273. The molecule has 2 atom stereocenters. The average Bonchev–Trinajstić information content (AvgIpc) is 2.37. The number of ether oxygens (including phenoxy) is 1. The number of carbonyl (C=O) groups is 1. The number of aliphatic hydroxyl groups excluding tert-OH is 2. The van der Waals surface area contributed by atoms with E-state index >= 15 is 0 Å². The number of phenols is 1. The molecule has 0 radical (unpaired) electrons. The summed E-state index contributed by atoms with van der Waals surface area (Å²) in [5, 5.41) is 37.6. The molecule has 0 bridgehead atoms. The van der Waals surface area contributed by atoms with Crippen LogP contribution in [0.4, 0.5) is 0 Å². The minimum Gasteiger partial charge on any atom is -0.504 e. The van der Waals surface area contributed by atoms with Crippen molar-refractivity contribution in [3.05, 3.63) is 23.3 Å². The van der Waals surface area contributed by atoms with Gasteiger partial charge in [0.05, 0.1) is 18.7 Å². The van der Waals surface area contributed by atoms with E-state index < -0.39 is 23.9 Å². The van der Waals surface area contributed by atoms with Gasteiger partial charge in [0.25, 0.3) is 0 Å². The highest BCUT2D eigenvalue weighted by Crippen LogP contribution is 2.36. The van der Waals surface area contributed by atoms with Gasteiger partial charge < -0.3 is 25.8 Å². The standard InChI is InChI=1S/C11H12N2O5/c1-18-7-3-5(4-12)2-6(8(7)14)9(15)10(16)11(13)17/h2-3,9-10,14-16H,1H3,(H2,13,17). The molecule has 0 aliphatic heterocycles. The Kier molecular flexibility index (Phi) is 4.09. The SMILES string of the molecule is COc1cc(C#N)cc(C(O)C(O)C(N)=O)c1O. The molecule has 0 aliphatic rings. The Labute approximate surface area is 103 Å². The molecule has 0 aromatic heterocycles. The third kappa shape index (κ3) is 2.51. The van der Waals surface area contributed by atoms with E-state index in [0.29, 0.717) is 0 Å². The van der Waals surface area contributed by atoms with Crippen molar-refractivity contribution in [3.63, 3.8) is 0 Å². The number of methoxy groups -OCH3 is 1. The highest BCUT2D eigenvalue weighted by molar-refractivity contribution is 5.79. The maximum Gasteiger partial charge on any atom is 0.249 e. The molecular formula is C11H12N2O5. The lowest BCUT2D eigenvalue weighted by molar-refractivity contribution is -0.132. The van der Waals surface area contributed by atoms with Gasteiger partial charge in [-0.3, -0.25) is 4.79 Å². The second-order valence-electron chi connectivity index (χ2n) is 3.52. The summed E-state index contributed by atoms with van der Waals surface area (Å²) in [6.07, 6.45) is -3.64. The minimum atomic E-state index is -1.89. The summed E-state index contributed by atoms with van der Waals surface area (Å²) in [5.74, 6) is -1.67. The van der Waals surface area contributed by atoms with Crippen LogP contribution in [0.3, 0.4) is 0 Å². The molecule has 1 amide bonds. The number of aromatic hydroxyl groups is 1. The summed E-state index contributed by atoms with van der Waals surface area (Å²) in [5.41, 5.74) is 4.72. The molecule has 7 nitrogen and oxygen atoms in total. The van der Waals surface area contributed by atoms with E-state index in [4.69, 9.17) is 15.7 Å². The topological polar surface area (TPSA) is 137 Å². The van der Waals surface area contributed by atoms with E-state index in [2.05, 4.69) is 0 Å². The first-order valence-electron chi connectivity index (χ1n) is 4.88. The third-order valence-corrected chi connectivity index (χ3v) is 2.36. The van der Waals surface area contributed by atoms with E-state index in [9.17, 15) is 20.1 Å². The van der Waals surface area contributed by atoms with Gasteiger partial charge in [0.1, 0.15) is 6.10 Å². The highest BCUT2D eigenvalue weighted by Gasteiger charge is 2.27. The van der Waals surface area contributed by atoms with Crippen molar-refractivity contribution in [1.29, 1.82) is 5.26 Å². The number of hydrogen-bond donors (Lipinski definition) is 4. The summed E-state index contributed by atoms with van der Waals surface area (Å²) >= 11 is 0. The first-order valence-corrected chi connectivity index (χ1v) is 4.88. The van der Waals surface area contributed by atoms with Crippen LogP contribution in [0.2, 0.25) is 0 Å². The highest BCUT2D eigenvalue weighted by atomic mass is 16.5. The number of aliphatic hydroxyl groups is 2. The largest absolute Gasteiger partial charge is 0.504 e. The van der Waals surface area contributed by atoms with Gasteiger partial charge in [-0.1, -0.05) is 0 Å². The van der Waals surface area contributed by atoms with Crippen LogP contribution >= 0.6 is 0 Å². The second kappa shape index (κ2) is 5.35. The van der Waals surface area contributed by atoms with Crippen LogP contribution in [-0.2, 0) is 4.79 Å². The molecule has 1 aromatic carbocycles. The fourth-order valence-corrected chi connectivity index (χ4v) is 1.40. The van der Waals surface area contributed by atoms with E-state index in [-0.39, 0.29) is 16.9 Å². The lowest BCUT2D eigenvalue weighted by atomic mass is 10.00. The summed E-state index contributed by atoms with van der Waals surface area (Å²) < 4.78 is 4.81. The Morgan fingerprint density at radius 3 is 2.56 bits per heavy atom. The molecule has 0 saturated heterocycles. The van der Waals surface area contributed by atoms with Gasteiger partial charge in [-0.15, -0.1) is 0 Å². The number of carbonyl (C=O) groups excluding carboxylic acids is 1. The van der Waals surface area contributed by atoms with E-state index in [1.807, 2.05) is 0 Å².